The molecule has 2 rings (SSSR count). The number of rotatable bonds is 4. The molecule has 1 aliphatic rings. The van der Waals surface area contributed by atoms with Crippen molar-refractivity contribution < 1.29 is 0 Å². The summed E-state index contributed by atoms with van der Waals surface area (Å²) < 4.78 is 0.900. The normalized spacial score (nSPS) is 19.3. The third-order valence-corrected chi connectivity index (χ3v) is 4.49. The number of anilines is 1. The zero-order valence-electron chi connectivity index (χ0n) is 8.58. The summed E-state index contributed by atoms with van der Waals surface area (Å²) >= 11 is 4.98. The first kappa shape index (κ1) is 11.4. The number of halogens is 1. The van der Waals surface area contributed by atoms with Gasteiger partial charge in [-0.1, -0.05) is 12.8 Å². The van der Waals surface area contributed by atoms with Gasteiger partial charge in [0.05, 0.1) is 0 Å². The molecule has 84 valence electrons. The zero-order valence-corrected chi connectivity index (χ0v) is 11.0. The molecule has 1 fully saturated rings. The molecule has 1 saturated carbocycles. The molecule has 1 heterocycles. The van der Waals surface area contributed by atoms with E-state index in [0.29, 0.717) is 12.6 Å². The Morgan fingerprint density at radius 2 is 2.33 bits per heavy atom. The van der Waals surface area contributed by atoms with Crippen molar-refractivity contribution >= 4 is 32.4 Å². The topological polar surface area (TPSA) is 50.9 Å². The standard InChI is InChI=1S/C10H16BrN3S/c11-9-6-15-10(14-9)13-8(5-12)7-3-1-2-4-7/h6-8H,1-5,12H2,(H,13,14). The fourth-order valence-electron chi connectivity index (χ4n) is 2.21. The summed E-state index contributed by atoms with van der Waals surface area (Å²) in [7, 11) is 0. The SMILES string of the molecule is NCC(Nc1nc(Br)cs1)C1CCCC1. The van der Waals surface area contributed by atoms with Crippen LogP contribution in [-0.2, 0) is 0 Å². The quantitative estimate of drug-likeness (QED) is 0.896. The molecule has 1 aliphatic carbocycles. The van der Waals surface area contributed by atoms with Gasteiger partial charge in [-0.25, -0.2) is 4.98 Å². The molecule has 1 unspecified atom stereocenters. The Morgan fingerprint density at radius 3 is 2.87 bits per heavy atom. The lowest BCUT2D eigenvalue weighted by Gasteiger charge is -2.22. The van der Waals surface area contributed by atoms with Crippen molar-refractivity contribution in [3.8, 4) is 0 Å². The molecule has 0 saturated heterocycles. The van der Waals surface area contributed by atoms with Gasteiger partial charge in [0, 0.05) is 18.0 Å². The Labute approximate surface area is 103 Å². The molecule has 0 spiro atoms. The van der Waals surface area contributed by atoms with E-state index in [1.54, 1.807) is 11.3 Å². The fraction of sp³-hybridized carbons (Fsp3) is 0.700. The third kappa shape index (κ3) is 2.92. The van der Waals surface area contributed by atoms with Crippen molar-refractivity contribution in [1.29, 1.82) is 0 Å². The zero-order chi connectivity index (χ0) is 10.7. The molecular formula is C10H16BrN3S. The van der Waals surface area contributed by atoms with Gasteiger partial charge >= 0.3 is 0 Å². The molecule has 1 aromatic rings. The average molecular weight is 290 g/mol. The molecule has 3 nitrogen and oxygen atoms in total. The highest BCUT2D eigenvalue weighted by Gasteiger charge is 2.24. The van der Waals surface area contributed by atoms with Crippen LogP contribution in [0.1, 0.15) is 25.7 Å². The Bertz CT molecular complexity index is 309. The summed E-state index contributed by atoms with van der Waals surface area (Å²) in [6.45, 7) is 0.696. The van der Waals surface area contributed by atoms with Crippen LogP contribution in [0.5, 0.6) is 0 Å². The molecule has 3 N–H and O–H groups in total. The smallest absolute Gasteiger partial charge is 0.184 e. The van der Waals surface area contributed by atoms with E-state index in [0.717, 1.165) is 15.7 Å². The molecule has 0 radical (unpaired) electrons. The number of hydrogen-bond donors (Lipinski definition) is 2. The third-order valence-electron chi connectivity index (χ3n) is 3.01. The first-order valence-electron chi connectivity index (χ1n) is 5.37. The lowest BCUT2D eigenvalue weighted by Crippen LogP contribution is -2.35. The molecule has 0 amide bonds. The van der Waals surface area contributed by atoms with E-state index < -0.39 is 0 Å². The van der Waals surface area contributed by atoms with Crippen molar-refractivity contribution in [2.75, 3.05) is 11.9 Å². The van der Waals surface area contributed by atoms with Crippen LogP contribution < -0.4 is 11.1 Å². The van der Waals surface area contributed by atoms with E-state index in [9.17, 15) is 0 Å². The van der Waals surface area contributed by atoms with Crippen molar-refractivity contribution in [3.05, 3.63) is 9.98 Å². The number of thiazole rings is 1. The highest BCUT2D eigenvalue weighted by molar-refractivity contribution is 9.10. The van der Waals surface area contributed by atoms with Crippen molar-refractivity contribution in [1.82, 2.24) is 4.98 Å². The van der Waals surface area contributed by atoms with E-state index in [1.165, 1.54) is 25.7 Å². The molecule has 0 bridgehead atoms. The Kier molecular flexibility index (Phi) is 3.99. The van der Waals surface area contributed by atoms with Gasteiger partial charge in [0.25, 0.3) is 0 Å². The first-order chi connectivity index (χ1) is 7.29. The number of nitrogens with one attached hydrogen (secondary N) is 1. The van der Waals surface area contributed by atoms with Crippen LogP contribution in [0, 0.1) is 5.92 Å². The molecule has 1 aromatic heterocycles. The van der Waals surface area contributed by atoms with Gasteiger partial charge in [0.15, 0.2) is 5.13 Å². The summed E-state index contributed by atoms with van der Waals surface area (Å²) in [5.74, 6) is 0.734. The van der Waals surface area contributed by atoms with Crippen LogP contribution in [0.4, 0.5) is 5.13 Å². The minimum atomic E-state index is 0.394. The first-order valence-corrected chi connectivity index (χ1v) is 7.04. The number of aromatic nitrogens is 1. The maximum absolute atomic E-state index is 5.81. The van der Waals surface area contributed by atoms with E-state index in [-0.39, 0.29) is 0 Å². The average Bonchev–Trinajstić information content (AvgIpc) is 2.85. The number of nitrogens with zero attached hydrogens (tertiary/aromatic N) is 1. The summed E-state index contributed by atoms with van der Waals surface area (Å²) in [6.07, 6.45) is 5.32. The summed E-state index contributed by atoms with van der Waals surface area (Å²) in [4.78, 5) is 4.34. The van der Waals surface area contributed by atoms with Gasteiger partial charge in [-0.2, -0.15) is 0 Å². The summed E-state index contributed by atoms with van der Waals surface area (Å²) in [6, 6.07) is 0.394. The second kappa shape index (κ2) is 5.27. The number of nitrogens with two attached hydrogens (primary N) is 1. The maximum atomic E-state index is 5.81. The minimum Gasteiger partial charge on any atom is -0.357 e. The van der Waals surface area contributed by atoms with Crippen molar-refractivity contribution in [3.63, 3.8) is 0 Å². The lowest BCUT2D eigenvalue weighted by atomic mass is 9.98. The van der Waals surface area contributed by atoms with Crippen LogP contribution in [0.25, 0.3) is 0 Å². The predicted octanol–water partition coefficient (Wildman–Crippen LogP) is 2.84. The highest BCUT2D eigenvalue weighted by Crippen LogP contribution is 2.30. The molecule has 15 heavy (non-hydrogen) atoms. The monoisotopic (exact) mass is 289 g/mol. The van der Waals surface area contributed by atoms with E-state index in [1.807, 2.05) is 5.38 Å². The predicted molar refractivity (Wildman–Crippen MR) is 68.2 cm³/mol. The Hall–Kier alpha value is -0.130. The number of hydrogen-bond acceptors (Lipinski definition) is 4. The van der Waals surface area contributed by atoms with E-state index in [2.05, 4.69) is 26.2 Å². The van der Waals surface area contributed by atoms with Crippen LogP contribution >= 0.6 is 27.3 Å². The van der Waals surface area contributed by atoms with Gasteiger partial charge in [-0.3, -0.25) is 0 Å². The summed E-state index contributed by atoms with van der Waals surface area (Å²) in [5.41, 5.74) is 5.81. The second-order valence-corrected chi connectivity index (χ2v) is 5.68. The van der Waals surface area contributed by atoms with Crippen LogP contribution in [0.2, 0.25) is 0 Å². The van der Waals surface area contributed by atoms with Crippen LogP contribution in [0.3, 0.4) is 0 Å². The van der Waals surface area contributed by atoms with Crippen molar-refractivity contribution in [2.45, 2.75) is 31.7 Å². The van der Waals surface area contributed by atoms with Crippen LogP contribution in [0.15, 0.2) is 9.98 Å². The molecule has 5 heteroatoms. The molecule has 0 aliphatic heterocycles. The molecule has 1 atom stereocenters. The fourth-order valence-corrected chi connectivity index (χ4v) is 3.42. The van der Waals surface area contributed by atoms with E-state index in [4.69, 9.17) is 5.73 Å². The Morgan fingerprint density at radius 1 is 1.60 bits per heavy atom. The molecular weight excluding hydrogens is 274 g/mol. The molecule has 0 aromatic carbocycles. The van der Waals surface area contributed by atoms with Gasteiger partial charge in [-0.15, -0.1) is 11.3 Å². The van der Waals surface area contributed by atoms with Gasteiger partial charge in [0.2, 0.25) is 0 Å². The van der Waals surface area contributed by atoms with Crippen molar-refractivity contribution in [2.24, 2.45) is 11.7 Å². The van der Waals surface area contributed by atoms with E-state index >= 15 is 0 Å². The maximum Gasteiger partial charge on any atom is 0.184 e. The van der Waals surface area contributed by atoms with Crippen LogP contribution in [-0.4, -0.2) is 17.6 Å². The lowest BCUT2D eigenvalue weighted by molar-refractivity contribution is 0.462. The van der Waals surface area contributed by atoms with Gasteiger partial charge < -0.3 is 11.1 Å². The highest BCUT2D eigenvalue weighted by atomic mass is 79.9. The van der Waals surface area contributed by atoms with Gasteiger partial charge in [-0.05, 0) is 34.7 Å². The summed E-state index contributed by atoms with van der Waals surface area (Å²) in [5, 5.41) is 6.41. The largest absolute Gasteiger partial charge is 0.357 e. The second-order valence-electron chi connectivity index (χ2n) is 4.01. The minimum absolute atomic E-state index is 0.394. The Balaban J connectivity index is 1.95. The van der Waals surface area contributed by atoms with Gasteiger partial charge in [0.1, 0.15) is 4.60 Å².